The molecule has 170 valence electrons. The van der Waals surface area contributed by atoms with Gasteiger partial charge in [0.05, 0.1) is 30.4 Å². The topological polar surface area (TPSA) is 55.9 Å². The molecule has 2 aliphatic rings. The maximum Gasteiger partial charge on any atom is 0.163 e. The lowest BCUT2D eigenvalue weighted by molar-refractivity contribution is -0.104. The lowest BCUT2D eigenvalue weighted by Crippen LogP contribution is -2.23. The van der Waals surface area contributed by atoms with Crippen LogP contribution in [-0.2, 0) is 15.9 Å². The van der Waals surface area contributed by atoms with E-state index in [1.165, 1.54) is 31.5 Å². The first-order valence-electron chi connectivity index (χ1n) is 11.6. The third kappa shape index (κ3) is 4.20. The van der Waals surface area contributed by atoms with E-state index < -0.39 is 11.2 Å². The van der Waals surface area contributed by atoms with E-state index in [4.69, 9.17) is 19.2 Å². The van der Waals surface area contributed by atoms with Crippen molar-refractivity contribution in [2.75, 3.05) is 45.2 Å². The normalized spacial score (nSPS) is 19.5. The van der Waals surface area contributed by atoms with E-state index in [-0.39, 0.29) is 0 Å². The summed E-state index contributed by atoms with van der Waals surface area (Å²) in [5.41, 5.74) is 2.37. The molecular weight excluding hydrogens is 390 g/mol. The summed E-state index contributed by atoms with van der Waals surface area (Å²) in [6.07, 6.45) is 3.65. The molecule has 2 aromatic rings. The minimum Gasteiger partial charge on any atom is -0.493 e. The smallest absolute Gasteiger partial charge is 0.163 e. The summed E-state index contributed by atoms with van der Waals surface area (Å²) in [6, 6.07) is 4.09. The molecule has 0 spiro atoms. The first-order valence-corrected chi connectivity index (χ1v) is 11.6. The Morgan fingerprint density at radius 2 is 1.77 bits per heavy atom. The van der Waals surface area contributed by atoms with Crippen LogP contribution < -0.4 is 14.8 Å². The van der Waals surface area contributed by atoms with Gasteiger partial charge in [-0.3, -0.25) is 0 Å². The second-order valence-corrected chi connectivity index (χ2v) is 9.63. The average molecular weight is 428 g/mol. The summed E-state index contributed by atoms with van der Waals surface area (Å²) < 4.78 is 18.4. The van der Waals surface area contributed by atoms with Crippen molar-refractivity contribution in [1.29, 1.82) is 0 Å². The van der Waals surface area contributed by atoms with Crippen molar-refractivity contribution < 1.29 is 14.2 Å². The highest BCUT2D eigenvalue weighted by Gasteiger charge is 2.46. The highest BCUT2D eigenvalue weighted by Crippen LogP contribution is 2.52. The quantitative estimate of drug-likeness (QED) is 0.596. The lowest BCUT2D eigenvalue weighted by atomic mass is 9.87. The number of hydrogen-bond donors (Lipinski definition) is 1. The molecule has 6 heteroatoms. The number of pyridine rings is 1. The summed E-state index contributed by atoms with van der Waals surface area (Å²) in [5.74, 6) is 2.39. The number of nitrogens with zero attached hydrogens (tertiary/aromatic N) is 2. The molecule has 1 aromatic carbocycles. The molecule has 3 heterocycles. The molecular formula is C25H37N3O3. The van der Waals surface area contributed by atoms with Gasteiger partial charge < -0.3 is 24.4 Å². The highest BCUT2D eigenvalue weighted by molar-refractivity contribution is 5.90. The van der Waals surface area contributed by atoms with Crippen LogP contribution in [0.1, 0.15) is 65.0 Å². The fourth-order valence-electron chi connectivity index (χ4n) is 5.27. The zero-order valence-electron chi connectivity index (χ0n) is 19.9. The molecule has 0 radical (unpaired) electrons. The second-order valence-electron chi connectivity index (χ2n) is 9.63. The Morgan fingerprint density at radius 3 is 2.45 bits per heavy atom. The number of likely N-dealkylation sites (tertiary alicyclic amines) is 1. The van der Waals surface area contributed by atoms with Crippen LogP contribution >= 0.6 is 0 Å². The van der Waals surface area contributed by atoms with Gasteiger partial charge in [-0.1, -0.05) is 0 Å². The molecule has 0 amide bonds. The van der Waals surface area contributed by atoms with Crippen LogP contribution in [-0.4, -0.2) is 49.8 Å². The van der Waals surface area contributed by atoms with E-state index in [1.807, 2.05) is 6.07 Å². The van der Waals surface area contributed by atoms with Gasteiger partial charge >= 0.3 is 0 Å². The van der Waals surface area contributed by atoms with Crippen molar-refractivity contribution in [2.24, 2.45) is 0 Å². The largest absolute Gasteiger partial charge is 0.493 e. The standard InChI is InChI=1S/C25H37N3O3/c1-7-26-23-22-21(24(2,3)31-25(22,4)5)17-15-19(29-6)20(16-18(17)27-23)30-14-10-13-28-11-8-9-12-28/h15-16H,7-14H2,1-6H3,(H,26,27). The summed E-state index contributed by atoms with van der Waals surface area (Å²) >= 11 is 0. The monoisotopic (exact) mass is 427 g/mol. The van der Waals surface area contributed by atoms with Gasteiger partial charge in [-0.2, -0.15) is 0 Å². The van der Waals surface area contributed by atoms with Crippen LogP contribution in [0.15, 0.2) is 12.1 Å². The number of methoxy groups -OCH3 is 1. The van der Waals surface area contributed by atoms with Crippen LogP contribution in [0, 0.1) is 0 Å². The maximum absolute atomic E-state index is 6.48. The molecule has 6 nitrogen and oxygen atoms in total. The number of fused-ring (bicyclic) bond motifs is 3. The Morgan fingerprint density at radius 1 is 1.06 bits per heavy atom. The zero-order valence-corrected chi connectivity index (χ0v) is 19.9. The molecule has 0 atom stereocenters. The Kier molecular flexibility index (Phi) is 6.05. The van der Waals surface area contributed by atoms with Gasteiger partial charge in [0, 0.05) is 35.7 Å². The number of rotatable bonds is 8. The van der Waals surface area contributed by atoms with Crippen LogP contribution in [0.25, 0.3) is 10.9 Å². The van der Waals surface area contributed by atoms with Crippen LogP contribution in [0.2, 0.25) is 0 Å². The minimum absolute atomic E-state index is 0.421. The van der Waals surface area contributed by atoms with Gasteiger partial charge in [0.2, 0.25) is 0 Å². The van der Waals surface area contributed by atoms with Crippen molar-refractivity contribution in [3.8, 4) is 11.5 Å². The van der Waals surface area contributed by atoms with E-state index in [0.717, 1.165) is 53.3 Å². The predicted octanol–water partition coefficient (Wildman–Crippen LogP) is 5.04. The molecule has 4 rings (SSSR count). The Labute approximate surface area is 186 Å². The van der Waals surface area contributed by atoms with Crippen LogP contribution in [0.5, 0.6) is 11.5 Å². The van der Waals surface area contributed by atoms with Crippen molar-refractivity contribution in [1.82, 2.24) is 9.88 Å². The van der Waals surface area contributed by atoms with E-state index in [0.29, 0.717) is 6.61 Å². The van der Waals surface area contributed by atoms with Gasteiger partial charge in [-0.15, -0.1) is 0 Å². The van der Waals surface area contributed by atoms with Crippen LogP contribution in [0.3, 0.4) is 0 Å². The van der Waals surface area contributed by atoms with Gasteiger partial charge in [-0.05, 0) is 73.0 Å². The Bertz CT molecular complexity index is 949. The number of ether oxygens (including phenoxy) is 3. The minimum atomic E-state index is -0.423. The molecule has 31 heavy (non-hydrogen) atoms. The van der Waals surface area contributed by atoms with Gasteiger partial charge in [0.15, 0.2) is 11.5 Å². The fourth-order valence-corrected chi connectivity index (χ4v) is 5.27. The summed E-state index contributed by atoms with van der Waals surface area (Å²) in [4.78, 5) is 7.50. The Hall–Kier alpha value is -2.05. The number of anilines is 1. The van der Waals surface area contributed by atoms with Crippen molar-refractivity contribution in [2.45, 2.75) is 65.1 Å². The molecule has 0 aliphatic carbocycles. The summed E-state index contributed by atoms with van der Waals surface area (Å²) in [6.45, 7) is 15.6. The van der Waals surface area contributed by atoms with E-state index in [2.05, 4.69) is 50.9 Å². The maximum atomic E-state index is 6.48. The third-order valence-electron chi connectivity index (χ3n) is 6.40. The number of aromatic nitrogens is 1. The van der Waals surface area contributed by atoms with Gasteiger partial charge in [-0.25, -0.2) is 4.98 Å². The SMILES string of the molecule is CCNc1nc2cc(OCCCN3CCCC3)c(OC)cc2c2c1C(C)(C)OC2(C)C. The third-order valence-corrected chi connectivity index (χ3v) is 6.40. The molecule has 0 saturated carbocycles. The second kappa shape index (κ2) is 8.47. The lowest BCUT2D eigenvalue weighted by Gasteiger charge is -2.25. The fraction of sp³-hybridized carbons (Fsp3) is 0.640. The molecule has 0 unspecified atom stereocenters. The number of nitrogens with one attached hydrogen (secondary N) is 1. The van der Waals surface area contributed by atoms with Crippen molar-refractivity contribution in [3.63, 3.8) is 0 Å². The first-order chi connectivity index (χ1) is 14.8. The van der Waals surface area contributed by atoms with Gasteiger partial charge in [0.1, 0.15) is 5.82 Å². The summed E-state index contributed by atoms with van der Waals surface area (Å²) in [7, 11) is 1.70. The summed E-state index contributed by atoms with van der Waals surface area (Å²) in [5, 5.41) is 4.52. The van der Waals surface area contributed by atoms with Crippen molar-refractivity contribution in [3.05, 3.63) is 23.3 Å². The van der Waals surface area contributed by atoms with Crippen molar-refractivity contribution >= 4 is 16.7 Å². The molecule has 0 bridgehead atoms. The first kappa shape index (κ1) is 22.2. The molecule has 1 saturated heterocycles. The molecule has 2 aliphatic heterocycles. The zero-order chi connectivity index (χ0) is 22.2. The highest BCUT2D eigenvalue weighted by atomic mass is 16.5. The molecule has 1 aromatic heterocycles. The average Bonchev–Trinajstić information content (AvgIpc) is 3.28. The van der Waals surface area contributed by atoms with Gasteiger partial charge in [0.25, 0.3) is 0 Å². The van der Waals surface area contributed by atoms with E-state index in [9.17, 15) is 0 Å². The van der Waals surface area contributed by atoms with Crippen LogP contribution in [0.4, 0.5) is 5.82 Å². The Balaban J connectivity index is 1.69. The molecule has 1 N–H and O–H groups in total. The number of hydrogen-bond acceptors (Lipinski definition) is 6. The van der Waals surface area contributed by atoms with E-state index >= 15 is 0 Å². The molecule has 1 fully saturated rings. The number of benzene rings is 1. The predicted molar refractivity (Wildman–Crippen MR) is 125 cm³/mol. The van der Waals surface area contributed by atoms with E-state index in [1.54, 1.807) is 7.11 Å².